The van der Waals surface area contributed by atoms with Gasteiger partial charge in [-0.25, -0.2) is 0 Å². The van der Waals surface area contributed by atoms with Crippen LogP contribution in [0.5, 0.6) is 0 Å². The molecule has 0 aromatic carbocycles. The topological polar surface area (TPSA) is 0 Å². The smallest absolute Gasteiger partial charge is 0.170 e. The number of hydrogen-bond donors (Lipinski definition) is 0. The van der Waals surface area contributed by atoms with Gasteiger partial charge < -0.3 is 0 Å². The monoisotopic (exact) mass is 268 g/mol. The summed E-state index contributed by atoms with van der Waals surface area (Å²) < 4.78 is 69.7. The van der Waals surface area contributed by atoms with Gasteiger partial charge in [-0.05, 0) is 19.3 Å². The van der Waals surface area contributed by atoms with Gasteiger partial charge >= 0.3 is 12.4 Å². The second-order valence-electron chi connectivity index (χ2n) is 5.62. The molecule has 0 radical (unpaired) electrons. The predicted molar refractivity (Wildman–Crippen MR) is 57.8 cm³/mol. The van der Waals surface area contributed by atoms with Crippen molar-refractivity contribution < 1.29 is 26.3 Å². The standard InChI is InChI=1S/C5H6F6.C5H12.CH4/c1-3(2,4(6,7)8)5(9,10)11;1-5(2,3)4;/h1-2H3;1-4H3;1H4. The number of halogens is 6. The molecule has 0 N–H and O–H groups in total. The molecule has 108 valence electrons. The van der Waals surface area contributed by atoms with E-state index in [1.54, 1.807) is 0 Å². The molecule has 0 fully saturated rings. The van der Waals surface area contributed by atoms with Gasteiger partial charge in [0, 0.05) is 0 Å². The first-order chi connectivity index (χ1) is 6.50. The average Bonchev–Trinajstić information content (AvgIpc) is 1.76. The van der Waals surface area contributed by atoms with Gasteiger partial charge in [-0.3, -0.25) is 0 Å². The first-order valence-corrected chi connectivity index (χ1v) is 4.63. The number of alkyl halides is 6. The maximum Gasteiger partial charge on any atom is 0.402 e. The molecule has 0 nitrogen and oxygen atoms in total. The summed E-state index contributed by atoms with van der Waals surface area (Å²) in [4.78, 5) is 0. The Labute approximate surface area is 99.4 Å². The van der Waals surface area contributed by atoms with E-state index in [1.165, 1.54) is 0 Å². The fourth-order valence-corrected chi connectivity index (χ4v) is 0.161. The maximum absolute atomic E-state index is 11.6. The Balaban J connectivity index is -0.000000280. The summed E-state index contributed by atoms with van der Waals surface area (Å²) >= 11 is 0. The van der Waals surface area contributed by atoms with Crippen LogP contribution < -0.4 is 0 Å². The molecule has 0 atom stereocenters. The third-order valence-electron chi connectivity index (χ3n) is 1.42. The molecular formula is C11H22F6. The fourth-order valence-electron chi connectivity index (χ4n) is 0.161. The van der Waals surface area contributed by atoms with Crippen molar-refractivity contribution in [3.05, 3.63) is 0 Å². The van der Waals surface area contributed by atoms with E-state index in [0.717, 1.165) is 0 Å². The predicted octanol–water partition coefficient (Wildman–Crippen LogP) is 5.83. The molecule has 0 aliphatic rings. The van der Waals surface area contributed by atoms with Crippen LogP contribution in [-0.4, -0.2) is 12.4 Å². The van der Waals surface area contributed by atoms with Crippen molar-refractivity contribution in [1.82, 2.24) is 0 Å². The molecule has 0 aromatic heterocycles. The van der Waals surface area contributed by atoms with E-state index in [4.69, 9.17) is 0 Å². The molecule has 0 aromatic rings. The van der Waals surface area contributed by atoms with Crippen LogP contribution in [0.1, 0.15) is 49.0 Å². The van der Waals surface area contributed by atoms with Gasteiger partial charge in [0.25, 0.3) is 0 Å². The summed E-state index contributed by atoms with van der Waals surface area (Å²) in [6.07, 6.45) is -10.5. The van der Waals surface area contributed by atoms with Crippen LogP contribution in [0.25, 0.3) is 0 Å². The summed E-state index contributed by atoms with van der Waals surface area (Å²) in [7, 11) is 0. The average molecular weight is 268 g/mol. The van der Waals surface area contributed by atoms with Crippen molar-refractivity contribution in [3.63, 3.8) is 0 Å². The Morgan fingerprint density at radius 2 is 0.647 bits per heavy atom. The molecule has 0 bridgehead atoms. The zero-order chi connectivity index (χ0) is 14.0. The van der Waals surface area contributed by atoms with Gasteiger partial charge in [-0.15, -0.1) is 0 Å². The van der Waals surface area contributed by atoms with Crippen molar-refractivity contribution in [2.45, 2.75) is 61.3 Å². The zero-order valence-corrected chi connectivity index (χ0v) is 10.3. The lowest BCUT2D eigenvalue weighted by Gasteiger charge is -2.29. The van der Waals surface area contributed by atoms with Gasteiger partial charge in [0.1, 0.15) is 0 Å². The van der Waals surface area contributed by atoms with E-state index in [0.29, 0.717) is 5.41 Å². The molecule has 0 aliphatic carbocycles. The molecule has 0 saturated heterocycles. The minimum absolute atomic E-state index is 0. The molecule has 0 spiro atoms. The van der Waals surface area contributed by atoms with E-state index in [-0.39, 0.29) is 21.3 Å². The fraction of sp³-hybridized carbons (Fsp3) is 1.00. The summed E-state index contributed by atoms with van der Waals surface area (Å²) in [5, 5.41) is 0. The van der Waals surface area contributed by atoms with Gasteiger partial charge in [0.2, 0.25) is 0 Å². The van der Waals surface area contributed by atoms with Gasteiger partial charge in [0.05, 0.1) is 0 Å². The van der Waals surface area contributed by atoms with Crippen LogP contribution in [-0.2, 0) is 0 Å². The minimum Gasteiger partial charge on any atom is -0.170 e. The Morgan fingerprint density at radius 1 is 0.529 bits per heavy atom. The summed E-state index contributed by atoms with van der Waals surface area (Å²) in [5.41, 5.74) is -3.12. The number of rotatable bonds is 0. The van der Waals surface area contributed by atoms with Crippen molar-refractivity contribution in [2.75, 3.05) is 0 Å². The third-order valence-corrected chi connectivity index (χ3v) is 1.42. The van der Waals surface area contributed by atoms with Crippen molar-refractivity contribution in [3.8, 4) is 0 Å². The normalized spacial score (nSPS) is 13.4. The Kier molecular flexibility index (Phi) is 7.65. The highest BCUT2D eigenvalue weighted by atomic mass is 19.4. The van der Waals surface area contributed by atoms with Crippen LogP contribution in [0.2, 0.25) is 0 Å². The molecule has 0 amide bonds. The lowest BCUT2D eigenvalue weighted by molar-refractivity contribution is -0.327. The molecule has 0 saturated carbocycles. The highest BCUT2D eigenvalue weighted by Crippen LogP contribution is 2.49. The summed E-state index contributed by atoms with van der Waals surface area (Å²) in [6.45, 7) is 8.96. The first-order valence-electron chi connectivity index (χ1n) is 4.63. The minimum atomic E-state index is -5.24. The van der Waals surface area contributed by atoms with Crippen LogP contribution >= 0.6 is 0 Å². The lowest BCUT2D eigenvalue weighted by Crippen LogP contribution is -2.44. The Bertz CT molecular complexity index is 181. The Morgan fingerprint density at radius 3 is 0.647 bits per heavy atom. The van der Waals surface area contributed by atoms with Crippen molar-refractivity contribution >= 4 is 0 Å². The van der Waals surface area contributed by atoms with E-state index >= 15 is 0 Å². The SMILES string of the molecule is C.CC(C)(C(F)(F)F)C(F)(F)F.CC(C)(C)C. The highest BCUT2D eigenvalue weighted by Gasteiger charge is 2.64. The molecule has 0 unspecified atom stereocenters. The van der Waals surface area contributed by atoms with Crippen LogP contribution in [0, 0.1) is 10.8 Å². The second-order valence-corrected chi connectivity index (χ2v) is 5.62. The second kappa shape index (κ2) is 5.96. The van der Waals surface area contributed by atoms with Crippen LogP contribution in [0.4, 0.5) is 26.3 Å². The first kappa shape index (κ1) is 21.8. The third kappa shape index (κ3) is 9.30. The maximum atomic E-state index is 11.6. The van der Waals surface area contributed by atoms with Crippen LogP contribution in [0.3, 0.4) is 0 Å². The van der Waals surface area contributed by atoms with E-state index < -0.39 is 17.8 Å². The van der Waals surface area contributed by atoms with Gasteiger partial charge in [0.15, 0.2) is 5.41 Å². The number of hydrogen-bond acceptors (Lipinski definition) is 0. The molecular weight excluding hydrogens is 246 g/mol. The quantitative estimate of drug-likeness (QED) is 0.485. The molecule has 17 heavy (non-hydrogen) atoms. The zero-order valence-electron chi connectivity index (χ0n) is 10.3. The summed E-state index contributed by atoms with van der Waals surface area (Å²) in [5.74, 6) is 0. The molecule has 0 rings (SSSR count). The van der Waals surface area contributed by atoms with Gasteiger partial charge in [-0.2, -0.15) is 26.3 Å². The van der Waals surface area contributed by atoms with Crippen molar-refractivity contribution in [2.24, 2.45) is 10.8 Å². The van der Waals surface area contributed by atoms with E-state index in [9.17, 15) is 26.3 Å². The molecule has 6 heteroatoms. The highest BCUT2D eigenvalue weighted by molar-refractivity contribution is 4.84. The lowest BCUT2D eigenvalue weighted by atomic mass is 9.92. The molecule has 0 heterocycles. The van der Waals surface area contributed by atoms with Crippen LogP contribution in [0.15, 0.2) is 0 Å². The van der Waals surface area contributed by atoms with E-state index in [2.05, 4.69) is 27.7 Å². The van der Waals surface area contributed by atoms with Gasteiger partial charge in [-0.1, -0.05) is 35.1 Å². The Hall–Kier alpha value is -0.420. The van der Waals surface area contributed by atoms with E-state index in [1.807, 2.05) is 0 Å². The largest absolute Gasteiger partial charge is 0.402 e. The molecule has 0 aliphatic heterocycles. The van der Waals surface area contributed by atoms with Crippen molar-refractivity contribution in [1.29, 1.82) is 0 Å². The summed E-state index contributed by atoms with van der Waals surface area (Å²) in [6, 6.07) is 0.